The molecule has 0 unspecified atom stereocenters. The zero-order valence-corrected chi connectivity index (χ0v) is 17.8. The van der Waals surface area contributed by atoms with Crippen LogP contribution in [-0.2, 0) is 20.0 Å². The van der Waals surface area contributed by atoms with Crippen LogP contribution in [0.3, 0.4) is 0 Å². The first-order valence-corrected chi connectivity index (χ1v) is 12.1. The summed E-state index contributed by atoms with van der Waals surface area (Å²) in [6, 6.07) is 11.4. The standard InChI is InChI=1S/C17H18BrN3O5S2/c18-14-6-8-15(9-7-14)27(23,24)20-19-17(22)13-4-3-5-16(12-13)28(25,26)21-10-1-2-11-21/h3-9,12,20H,1-2,10-11H2,(H,19,22). The average Bonchev–Trinajstić information content (AvgIpc) is 3.22. The highest BCUT2D eigenvalue weighted by Crippen LogP contribution is 2.21. The third-order valence-electron chi connectivity index (χ3n) is 4.22. The molecule has 0 radical (unpaired) electrons. The number of sulfonamides is 2. The third-order valence-corrected chi connectivity index (χ3v) is 7.91. The lowest BCUT2D eigenvalue weighted by molar-refractivity contribution is 0.0945. The normalized spacial score (nSPS) is 15.5. The second kappa shape index (κ2) is 8.29. The van der Waals surface area contributed by atoms with Gasteiger partial charge in [-0.3, -0.25) is 10.2 Å². The molecule has 0 bridgehead atoms. The molecule has 150 valence electrons. The van der Waals surface area contributed by atoms with Crippen molar-refractivity contribution in [2.24, 2.45) is 0 Å². The van der Waals surface area contributed by atoms with E-state index in [1.165, 1.54) is 40.7 Å². The summed E-state index contributed by atoms with van der Waals surface area (Å²) in [7, 11) is -7.64. The fraction of sp³-hybridized carbons (Fsp3) is 0.235. The lowest BCUT2D eigenvalue weighted by atomic mass is 10.2. The Bertz CT molecular complexity index is 1080. The molecule has 0 atom stereocenters. The maximum absolute atomic E-state index is 12.6. The number of nitrogens with zero attached hydrogens (tertiary/aromatic N) is 1. The van der Waals surface area contributed by atoms with E-state index in [1.54, 1.807) is 12.1 Å². The Morgan fingerprint density at radius 1 is 0.929 bits per heavy atom. The summed E-state index contributed by atoms with van der Waals surface area (Å²) in [6.07, 6.45) is 1.61. The molecule has 1 heterocycles. The molecular formula is C17H18BrN3O5S2. The summed E-state index contributed by atoms with van der Waals surface area (Å²) in [5, 5.41) is 0. The molecule has 2 aromatic rings. The number of hydrogen-bond acceptors (Lipinski definition) is 5. The Morgan fingerprint density at radius 3 is 2.21 bits per heavy atom. The Labute approximate surface area is 172 Å². The van der Waals surface area contributed by atoms with Crippen molar-refractivity contribution >= 4 is 41.9 Å². The molecule has 1 amide bonds. The first-order valence-electron chi connectivity index (χ1n) is 8.38. The van der Waals surface area contributed by atoms with Crippen LogP contribution < -0.4 is 10.3 Å². The first-order chi connectivity index (χ1) is 13.2. The molecule has 1 aliphatic rings. The molecule has 11 heteroatoms. The van der Waals surface area contributed by atoms with E-state index < -0.39 is 26.0 Å². The quantitative estimate of drug-likeness (QED) is 0.603. The van der Waals surface area contributed by atoms with Crippen molar-refractivity contribution < 1.29 is 21.6 Å². The number of amides is 1. The second-order valence-corrected chi connectivity index (χ2v) is 10.7. The molecule has 1 aliphatic heterocycles. The van der Waals surface area contributed by atoms with Gasteiger partial charge in [0.1, 0.15) is 0 Å². The highest BCUT2D eigenvalue weighted by molar-refractivity contribution is 9.10. The molecule has 1 fully saturated rings. The zero-order chi connectivity index (χ0) is 20.4. The van der Waals surface area contributed by atoms with Crippen molar-refractivity contribution in [1.29, 1.82) is 0 Å². The van der Waals surface area contributed by atoms with Gasteiger partial charge in [-0.15, -0.1) is 4.83 Å². The van der Waals surface area contributed by atoms with Gasteiger partial charge in [-0.2, -0.15) is 4.31 Å². The van der Waals surface area contributed by atoms with Crippen molar-refractivity contribution in [3.63, 3.8) is 0 Å². The first kappa shape index (κ1) is 20.9. The topological polar surface area (TPSA) is 113 Å². The molecule has 28 heavy (non-hydrogen) atoms. The number of rotatable bonds is 6. The fourth-order valence-electron chi connectivity index (χ4n) is 2.73. The van der Waals surface area contributed by atoms with Gasteiger partial charge >= 0.3 is 0 Å². The number of nitrogens with one attached hydrogen (secondary N) is 2. The number of carbonyl (C=O) groups is 1. The van der Waals surface area contributed by atoms with Crippen LogP contribution in [-0.4, -0.2) is 40.1 Å². The molecule has 0 spiro atoms. The SMILES string of the molecule is O=C(NNS(=O)(=O)c1ccc(Br)cc1)c1cccc(S(=O)(=O)N2CCCC2)c1. The predicted octanol–water partition coefficient (Wildman–Crippen LogP) is 1.86. The van der Waals surface area contributed by atoms with Gasteiger partial charge in [-0.25, -0.2) is 16.8 Å². The minimum atomic E-state index is -3.96. The molecular weight excluding hydrogens is 470 g/mol. The van der Waals surface area contributed by atoms with Crippen LogP contribution in [0.25, 0.3) is 0 Å². The van der Waals surface area contributed by atoms with E-state index >= 15 is 0 Å². The van der Waals surface area contributed by atoms with Crippen LogP contribution >= 0.6 is 15.9 Å². The van der Waals surface area contributed by atoms with Crippen molar-refractivity contribution in [3.8, 4) is 0 Å². The van der Waals surface area contributed by atoms with Gasteiger partial charge in [0, 0.05) is 23.1 Å². The van der Waals surface area contributed by atoms with Gasteiger partial charge in [0.05, 0.1) is 9.79 Å². The van der Waals surface area contributed by atoms with Crippen molar-refractivity contribution in [3.05, 3.63) is 58.6 Å². The minimum Gasteiger partial charge on any atom is -0.273 e. The third kappa shape index (κ3) is 4.61. The number of halogens is 1. The molecule has 1 saturated heterocycles. The number of hydrazine groups is 1. The summed E-state index contributed by atoms with van der Waals surface area (Å²) in [5.74, 6) is -0.765. The van der Waals surface area contributed by atoms with E-state index in [-0.39, 0.29) is 15.4 Å². The molecule has 2 N–H and O–H groups in total. The second-order valence-electron chi connectivity index (χ2n) is 6.15. The van der Waals surface area contributed by atoms with E-state index in [0.717, 1.165) is 12.8 Å². The lowest BCUT2D eigenvalue weighted by Crippen LogP contribution is -2.41. The lowest BCUT2D eigenvalue weighted by Gasteiger charge is -2.16. The van der Waals surface area contributed by atoms with Crippen molar-refractivity contribution in [2.45, 2.75) is 22.6 Å². The monoisotopic (exact) mass is 487 g/mol. The highest BCUT2D eigenvalue weighted by Gasteiger charge is 2.27. The highest BCUT2D eigenvalue weighted by atomic mass is 79.9. The van der Waals surface area contributed by atoms with Crippen LogP contribution in [0, 0.1) is 0 Å². The smallest absolute Gasteiger partial charge is 0.266 e. The summed E-state index contributed by atoms with van der Waals surface area (Å²) in [4.78, 5) is 14.3. The predicted molar refractivity (Wildman–Crippen MR) is 106 cm³/mol. The van der Waals surface area contributed by atoms with Gasteiger partial charge in [0.2, 0.25) is 10.0 Å². The van der Waals surface area contributed by atoms with E-state index in [2.05, 4.69) is 21.4 Å². The summed E-state index contributed by atoms with van der Waals surface area (Å²) >= 11 is 3.21. The number of hydrogen-bond donors (Lipinski definition) is 2. The Morgan fingerprint density at radius 2 is 1.57 bits per heavy atom. The largest absolute Gasteiger partial charge is 0.273 e. The van der Waals surface area contributed by atoms with Gasteiger partial charge in [-0.1, -0.05) is 22.0 Å². The van der Waals surface area contributed by atoms with Crippen LogP contribution in [0.1, 0.15) is 23.2 Å². The van der Waals surface area contributed by atoms with Crippen molar-refractivity contribution in [1.82, 2.24) is 14.6 Å². The zero-order valence-electron chi connectivity index (χ0n) is 14.6. The Kier molecular flexibility index (Phi) is 6.20. The van der Waals surface area contributed by atoms with E-state index in [9.17, 15) is 21.6 Å². The minimum absolute atomic E-state index is 0.00202. The fourth-order valence-corrected chi connectivity index (χ4v) is 5.40. The van der Waals surface area contributed by atoms with Crippen LogP contribution in [0.15, 0.2) is 62.8 Å². The molecule has 0 aliphatic carbocycles. The van der Waals surface area contributed by atoms with Crippen LogP contribution in [0.2, 0.25) is 0 Å². The molecule has 0 aromatic heterocycles. The van der Waals surface area contributed by atoms with Gasteiger partial charge in [-0.05, 0) is 55.3 Å². The number of carbonyl (C=O) groups excluding carboxylic acids is 1. The summed E-state index contributed by atoms with van der Waals surface area (Å²) in [5.41, 5.74) is 2.13. The molecule has 3 rings (SSSR count). The van der Waals surface area contributed by atoms with Gasteiger partial charge in [0.15, 0.2) is 0 Å². The Hall–Kier alpha value is -1.79. The average molecular weight is 488 g/mol. The van der Waals surface area contributed by atoms with Crippen molar-refractivity contribution in [2.75, 3.05) is 13.1 Å². The van der Waals surface area contributed by atoms with Crippen LogP contribution in [0.4, 0.5) is 0 Å². The van der Waals surface area contributed by atoms with Crippen LogP contribution in [0.5, 0.6) is 0 Å². The summed E-state index contributed by atoms with van der Waals surface area (Å²) in [6.45, 7) is 0.900. The Balaban J connectivity index is 1.74. The van der Waals surface area contributed by atoms with E-state index in [4.69, 9.17) is 0 Å². The molecule has 8 nitrogen and oxygen atoms in total. The number of benzene rings is 2. The molecule has 2 aromatic carbocycles. The van der Waals surface area contributed by atoms with E-state index in [0.29, 0.717) is 17.6 Å². The molecule has 0 saturated carbocycles. The van der Waals surface area contributed by atoms with E-state index in [1.807, 2.05) is 4.83 Å². The maximum atomic E-state index is 12.6. The van der Waals surface area contributed by atoms with Gasteiger partial charge in [0.25, 0.3) is 15.9 Å². The summed E-state index contributed by atoms with van der Waals surface area (Å²) < 4.78 is 51.8. The van der Waals surface area contributed by atoms with Gasteiger partial charge < -0.3 is 0 Å². The maximum Gasteiger partial charge on any atom is 0.266 e.